The van der Waals surface area contributed by atoms with E-state index in [-0.39, 0.29) is 5.91 Å². The Morgan fingerprint density at radius 3 is 3.05 bits per heavy atom. The molecule has 102 valence electrons. The lowest BCUT2D eigenvalue weighted by Crippen LogP contribution is -2.25. The molecule has 5 heteroatoms. The molecule has 0 aliphatic heterocycles. The summed E-state index contributed by atoms with van der Waals surface area (Å²) in [4.78, 5) is 15.2. The molecule has 1 amide bonds. The van der Waals surface area contributed by atoms with E-state index >= 15 is 0 Å². The Labute approximate surface area is 117 Å². The third-order valence-corrected chi connectivity index (χ3v) is 4.23. The van der Waals surface area contributed by atoms with Gasteiger partial charge in [0.15, 0.2) is 0 Å². The first kappa shape index (κ1) is 13.8. The van der Waals surface area contributed by atoms with Gasteiger partial charge in [0, 0.05) is 34.6 Å². The average molecular weight is 277 g/mol. The Hall–Kier alpha value is -1.62. The van der Waals surface area contributed by atoms with E-state index in [4.69, 9.17) is 5.73 Å². The Bertz CT molecular complexity index is 579. The van der Waals surface area contributed by atoms with Crippen LogP contribution in [0.4, 0.5) is 5.69 Å². The normalized spacial score (nSPS) is 12.5. The number of rotatable bonds is 5. The van der Waals surface area contributed by atoms with Gasteiger partial charge in [-0.25, -0.2) is 0 Å². The number of hydrogen-bond acceptors (Lipinski definition) is 3. The van der Waals surface area contributed by atoms with Crippen LogP contribution in [0.15, 0.2) is 24.4 Å². The van der Waals surface area contributed by atoms with Crippen molar-refractivity contribution in [3.8, 4) is 0 Å². The fourth-order valence-electron chi connectivity index (χ4n) is 1.93. The van der Waals surface area contributed by atoms with Gasteiger partial charge in [0.05, 0.1) is 5.56 Å². The van der Waals surface area contributed by atoms with Crippen LogP contribution in [0, 0.1) is 0 Å². The first-order valence-electron chi connectivity index (χ1n) is 6.29. The van der Waals surface area contributed by atoms with E-state index in [9.17, 15) is 4.79 Å². The fourth-order valence-corrected chi connectivity index (χ4v) is 2.28. The highest BCUT2D eigenvalue weighted by atomic mass is 32.2. The number of nitrogen functional groups attached to an aromatic ring is 1. The number of fused-ring (bicyclic) bond motifs is 1. The largest absolute Gasteiger partial charge is 0.399 e. The summed E-state index contributed by atoms with van der Waals surface area (Å²) in [7, 11) is 0. The minimum atomic E-state index is -0.0508. The first-order valence-corrected chi connectivity index (χ1v) is 7.58. The second kappa shape index (κ2) is 6.02. The first-order chi connectivity index (χ1) is 9.11. The van der Waals surface area contributed by atoms with Crippen molar-refractivity contribution in [2.75, 3.05) is 18.5 Å². The summed E-state index contributed by atoms with van der Waals surface area (Å²) >= 11 is 1.80. The fraction of sp³-hybridized carbons (Fsp3) is 0.357. The molecular weight excluding hydrogens is 258 g/mol. The van der Waals surface area contributed by atoms with Gasteiger partial charge in [0.2, 0.25) is 0 Å². The molecule has 1 atom stereocenters. The molecule has 1 aromatic heterocycles. The molecule has 2 rings (SSSR count). The topological polar surface area (TPSA) is 70.9 Å². The van der Waals surface area contributed by atoms with Crippen molar-refractivity contribution < 1.29 is 4.79 Å². The molecule has 4 N–H and O–H groups in total. The number of amides is 1. The highest BCUT2D eigenvalue weighted by Crippen LogP contribution is 2.20. The maximum Gasteiger partial charge on any atom is 0.253 e. The highest BCUT2D eigenvalue weighted by Gasteiger charge is 2.12. The van der Waals surface area contributed by atoms with Crippen molar-refractivity contribution in [2.45, 2.75) is 18.6 Å². The van der Waals surface area contributed by atoms with Crippen molar-refractivity contribution in [1.29, 1.82) is 0 Å². The second-order valence-corrected chi connectivity index (χ2v) is 5.87. The molecule has 0 bridgehead atoms. The molecule has 1 unspecified atom stereocenters. The maximum atomic E-state index is 12.1. The van der Waals surface area contributed by atoms with Crippen molar-refractivity contribution >= 4 is 34.3 Å². The lowest BCUT2D eigenvalue weighted by molar-refractivity contribution is 0.0955. The lowest BCUT2D eigenvalue weighted by Gasteiger charge is -2.08. The van der Waals surface area contributed by atoms with Crippen molar-refractivity contribution in [3.05, 3.63) is 30.0 Å². The number of aromatic amines is 1. The molecule has 0 saturated carbocycles. The van der Waals surface area contributed by atoms with Gasteiger partial charge in [-0.05, 0) is 30.9 Å². The quantitative estimate of drug-likeness (QED) is 0.736. The predicted molar refractivity (Wildman–Crippen MR) is 82.6 cm³/mol. The number of carbonyl (C=O) groups is 1. The van der Waals surface area contributed by atoms with E-state index in [0.717, 1.165) is 17.3 Å². The summed E-state index contributed by atoms with van der Waals surface area (Å²) in [6, 6.07) is 5.53. The van der Waals surface area contributed by atoms with Crippen LogP contribution in [-0.4, -0.2) is 28.9 Å². The Kier molecular flexibility index (Phi) is 4.37. The van der Waals surface area contributed by atoms with Gasteiger partial charge in [-0.15, -0.1) is 0 Å². The Morgan fingerprint density at radius 2 is 2.32 bits per heavy atom. The van der Waals surface area contributed by atoms with Crippen molar-refractivity contribution in [3.63, 3.8) is 0 Å². The van der Waals surface area contributed by atoms with Gasteiger partial charge in [-0.1, -0.05) is 6.92 Å². The van der Waals surface area contributed by atoms with E-state index in [1.165, 1.54) is 0 Å². The molecule has 0 aliphatic carbocycles. The van der Waals surface area contributed by atoms with Gasteiger partial charge in [0.25, 0.3) is 5.91 Å². The number of aromatic nitrogens is 1. The number of nitrogens with two attached hydrogens (primary N) is 1. The molecule has 0 saturated heterocycles. The van der Waals surface area contributed by atoms with E-state index in [2.05, 4.69) is 23.5 Å². The molecule has 19 heavy (non-hydrogen) atoms. The molecule has 2 aromatic rings. The van der Waals surface area contributed by atoms with Crippen LogP contribution < -0.4 is 11.1 Å². The van der Waals surface area contributed by atoms with Crippen LogP contribution in [0.1, 0.15) is 23.7 Å². The Morgan fingerprint density at radius 1 is 1.53 bits per heavy atom. The molecule has 0 spiro atoms. The molecular formula is C14H19N3OS. The highest BCUT2D eigenvalue weighted by molar-refractivity contribution is 7.99. The van der Waals surface area contributed by atoms with E-state index in [1.807, 2.05) is 18.2 Å². The van der Waals surface area contributed by atoms with Gasteiger partial charge >= 0.3 is 0 Å². The smallest absolute Gasteiger partial charge is 0.253 e. The third-order valence-electron chi connectivity index (χ3n) is 3.19. The number of anilines is 1. The standard InChI is InChI=1S/C14H19N3OS/c1-9(19-2)5-6-16-14(18)12-8-17-13-4-3-10(15)7-11(12)13/h3-4,7-9,17H,5-6,15H2,1-2H3,(H,16,18). The third kappa shape index (κ3) is 3.23. The SMILES string of the molecule is CSC(C)CCNC(=O)c1c[nH]c2ccc(N)cc12. The average Bonchev–Trinajstić information content (AvgIpc) is 2.81. The second-order valence-electron chi connectivity index (χ2n) is 4.60. The monoisotopic (exact) mass is 277 g/mol. The zero-order chi connectivity index (χ0) is 13.8. The number of carbonyl (C=O) groups excluding carboxylic acids is 1. The number of benzene rings is 1. The summed E-state index contributed by atoms with van der Waals surface area (Å²) in [6.07, 6.45) is 4.78. The minimum Gasteiger partial charge on any atom is -0.399 e. The zero-order valence-corrected chi connectivity index (χ0v) is 12.0. The molecule has 0 fully saturated rings. The lowest BCUT2D eigenvalue weighted by atomic mass is 10.1. The summed E-state index contributed by atoms with van der Waals surface area (Å²) in [6.45, 7) is 2.85. The van der Waals surface area contributed by atoms with Gasteiger partial charge in [0.1, 0.15) is 0 Å². The van der Waals surface area contributed by atoms with Crippen molar-refractivity contribution in [2.24, 2.45) is 0 Å². The Balaban J connectivity index is 2.07. The molecule has 1 heterocycles. The summed E-state index contributed by atoms with van der Waals surface area (Å²) < 4.78 is 0. The zero-order valence-electron chi connectivity index (χ0n) is 11.2. The number of nitrogens with one attached hydrogen (secondary N) is 2. The van der Waals surface area contributed by atoms with Crippen LogP contribution in [0.3, 0.4) is 0 Å². The van der Waals surface area contributed by atoms with Crippen molar-refractivity contribution in [1.82, 2.24) is 10.3 Å². The molecule has 0 aliphatic rings. The minimum absolute atomic E-state index is 0.0508. The van der Waals surface area contributed by atoms with Gasteiger partial charge < -0.3 is 16.0 Å². The van der Waals surface area contributed by atoms with E-state index in [1.54, 1.807) is 18.0 Å². The van der Waals surface area contributed by atoms with Gasteiger partial charge in [-0.3, -0.25) is 4.79 Å². The maximum absolute atomic E-state index is 12.1. The van der Waals surface area contributed by atoms with E-state index < -0.39 is 0 Å². The van der Waals surface area contributed by atoms with Crippen LogP contribution in [-0.2, 0) is 0 Å². The van der Waals surface area contributed by atoms with Gasteiger partial charge in [-0.2, -0.15) is 11.8 Å². The number of hydrogen-bond donors (Lipinski definition) is 3. The van der Waals surface area contributed by atoms with Crippen LogP contribution in [0.5, 0.6) is 0 Å². The van der Waals surface area contributed by atoms with Crippen LogP contribution in [0.2, 0.25) is 0 Å². The number of H-pyrrole nitrogens is 1. The van der Waals surface area contributed by atoms with Crippen LogP contribution >= 0.6 is 11.8 Å². The molecule has 4 nitrogen and oxygen atoms in total. The summed E-state index contributed by atoms with van der Waals surface area (Å²) in [5.41, 5.74) is 8.01. The number of thioether (sulfide) groups is 1. The summed E-state index contributed by atoms with van der Waals surface area (Å²) in [5, 5.41) is 4.37. The summed E-state index contributed by atoms with van der Waals surface area (Å²) in [5.74, 6) is -0.0508. The molecule has 1 aromatic carbocycles. The van der Waals surface area contributed by atoms with E-state index in [0.29, 0.717) is 23.0 Å². The predicted octanol–water partition coefficient (Wildman–Crippen LogP) is 2.62. The molecule has 0 radical (unpaired) electrons. The van der Waals surface area contributed by atoms with Crippen LogP contribution in [0.25, 0.3) is 10.9 Å².